The molecule has 2 atom stereocenters. The fraction of sp³-hybridized carbons (Fsp3) is 0.611. The van der Waals surface area contributed by atoms with E-state index in [0.29, 0.717) is 0 Å². The summed E-state index contributed by atoms with van der Waals surface area (Å²) in [5.41, 5.74) is 4.01. The monoisotopic (exact) mass is 266 g/mol. The second kappa shape index (κ2) is 3.87. The van der Waals surface area contributed by atoms with Crippen LogP contribution in [0.25, 0.3) is 0 Å². The second-order valence-electron chi connectivity index (χ2n) is 7.49. The van der Waals surface area contributed by atoms with Crippen molar-refractivity contribution in [3.63, 3.8) is 0 Å². The van der Waals surface area contributed by atoms with Gasteiger partial charge in [-0.05, 0) is 68.1 Å². The smallest absolute Gasteiger partial charge is 0.108 e. The fourth-order valence-electron chi connectivity index (χ4n) is 5.29. The van der Waals surface area contributed by atoms with Gasteiger partial charge in [0.1, 0.15) is 5.84 Å². The predicted molar refractivity (Wildman–Crippen MR) is 81.2 cm³/mol. The van der Waals surface area contributed by atoms with E-state index in [1.54, 1.807) is 0 Å². The number of rotatable bonds is 0. The highest BCUT2D eigenvalue weighted by Gasteiger charge is 2.46. The average Bonchev–Trinajstić information content (AvgIpc) is 2.59. The molecule has 0 N–H and O–H groups in total. The molecule has 2 nitrogen and oxygen atoms in total. The number of aliphatic imine (C=N–C) groups is 1. The summed E-state index contributed by atoms with van der Waals surface area (Å²) in [6.07, 6.45) is 7.16. The number of nitrogens with zero attached hydrogens (tertiary/aromatic N) is 2. The second-order valence-corrected chi connectivity index (χ2v) is 7.49. The Morgan fingerprint density at radius 2 is 1.85 bits per heavy atom. The molecule has 4 fully saturated rings. The Morgan fingerprint density at radius 1 is 1.05 bits per heavy atom. The van der Waals surface area contributed by atoms with Gasteiger partial charge in [-0.15, -0.1) is 0 Å². The van der Waals surface area contributed by atoms with E-state index >= 15 is 0 Å². The average molecular weight is 266 g/mol. The Kier molecular flexibility index (Phi) is 2.20. The van der Waals surface area contributed by atoms with Crippen molar-refractivity contribution >= 4 is 11.5 Å². The molecule has 0 unspecified atom stereocenters. The van der Waals surface area contributed by atoms with Crippen LogP contribution in [0.4, 0.5) is 5.69 Å². The van der Waals surface area contributed by atoms with E-state index in [0.717, 1.165) is 30.3 Å². The van der Waals surface area contributed by atoms with Crippen LogP contribution in [0.1, 0.15) is 43.2 Å². The highest BCUT2D eigenvalue weighted by atomic mass is 15.2. The summed E-state index contributed by atoms with van der Waals surface area (Å²) < 4.78 is 0. The first-order valence-corrected chi connectivity index (χ1v) is 8.21. The first-order valence-electron chi connectivity index (χ1n) is 8.21. The highest BCUT2D eigenvalue weighted by molar-refractivity contribution is 5.90. The van der Waals surface area contributed by atoms with Crippen molar-refractivity contribution in [3.05, 3.63) is 29.3 Å². The molecule has 2 saturated carbocycles. The Labute approximate surface area is 120 Å². The van der Waals surface area contributed by atoms with Gasteiger partial charge in [0.15, 0.2) is 0 Å². The predicted octanol–water partition coefficient (Wildman–Crippen LogP) is 4.05. The Bertz CT molecular complexity index is 589. The quantitative estimate of drug-likeness (QED) is 0.691. The molecule has 2 aliphatic carbocycles. The van der Waals surface area contributed by atoms with Crippen molar-refractivity contribution in [1.82, 2.24) is 4.90 Å². The fourth-order valence-corrected chi connectivity index (χ4v) is 5.29. The summed E-state index contributed by atoms with van der Waals surface area (Å²) in [5.74, 6) is 4.16. The van der Waals surface area contributed by atoms with Crippen LogP contribution in [-0.4, -0.2) is 16.8 Å². The lowest BCUT2D eigenvalue weighted by Crippen LogP contribution is -2.41. The van der Waals surface area contributed by atoms with E-state index in [4.69, 9.17) is 4.99 Å². The van der Waals surface area contributed by atoms with E-state index in [1.165, 1.54) is 54.8 Å². The third kappa shape index (κ3) is 1.54. The minimum Gasteiger partial charge on any atom is -0.352 e. The number of hydrogen-bond acceptors (Lipinski definition) is 2. The van der Waals surface area contributed by atoms with Crippen molar-refractivity contribution in [2.75, 3.05) is 0 Å². The molecule has 6 rings (SSSR count). The van der Waals surface area contributed by atoms with Crippen molar-refractivity contribution in [2.45, 2.75) is 51.6 Å². The van der Waals surface area contributed by atoms with Crippen LogP contribution in [-0.2, 0) is 6.54 Å². The SMILES string of the molecule is Cc1ccc2c(c1)N=C1C3C[C@H]4CC(C[C@H](C3)C4)N1C2. The standard InChI is InChI=1S/C18H22N2/c1-11-2-3-14-10-20-16-8-12-5-13(9-16)7-15(6-12)18(20)19-17(14)4-11/h2-4,12-13,15-16H,5-10H2,1H3/t12-,13-,15?,16?/m0/s1. The van der Waals surface area contributed by atoms with Gasteiger partial charge in [0.25, 0.3) is 0 Å². The lowest BCUT2D eigenvalue weighted by Gasteiger charge is -2.39. The molecular weight excluding hydrogens is 244 g/mol. The van der Waals surface area contributed by atoms with Crippen LogP contribution in [0.15, 0.2) is 23.2 Å². The topological polar surface area (TPSA) is 15.6 Å². The molecule has 5 aliphatic rings. The van der Waals surface area contributed by atoms with Crippen LogP contribution < -0.4 is 0 Å². The molecule has 2 saturated heterocycles. The summed E-state index contributed by atoms with van der Waals surface area (Å²) in [4.78, 5) is 7.81. The molecule has 20 heavy (non-hydrogen) atoms. The van der Waals surface area contributed by atoms with Gasteiger partial charge in [0, 0.05) is 18.5 Å². The molecule has 2 heteroatoms. The van der Waals surface area contributed by atoms with Crippen LogP contribution in [0.5, 0.6) is 0 Å². The zero-order chi connectivity index (χ0) is 13.3. The third-order valence-electron chi connectivity index (χ3n) is 6.03. The molecule has 1 aromatic rings. The Balaban J connectivity index is 1.64. The van der Waals surface area contributed by atoms with Crippen molar-refractivity contribution in [3.8, 4) is 0 Å². The molecule has 1 aromatic carbocycles. The highest BCUT2D eigenvalue weighted by Crippen LogP contribution is 2.50. The normalized spacial score (nSPS) is 37.2. The molecule has 3 heterocycles. The van der Waals surface area contributed by atoms with Gasteiger partial charge >= 0.3 is 0 Å². The van der Waals surface area contributed by atoms with Crippen LogP contribution >= 0.6 is 0 Å². The summed E-state index contributed by atoms with van der Waals surface area (Å²) in [6.45, 7) is 3.28. The van der Waals surface area contributed by atoms with Crippen molar-refractivity contribution in [2.24, 2.45) is 22.7 Å². The zero-order valence-electron chi connectivity index (χ0n) is 12.2. The van der Waals surface area contributed by atoms with Gasteiger partial charge in [0.2, 0.25) is 0 Å². The number of aryl methyl sites for hydroxylation is 1. The number of amidine groups is 1. The Hall–Kier alpha value is -1.31. The number of benzene rings is 1. The van der Waals surface area contributed by atoms with Gasteiger partial charge in [-0.3, -0.25) is 0 Å². The molecule has 0 aromatic heterocycles. The lowest BCUT2D eigenvalue weighted by molar-refractivity contribution is 0.128. The van der Waals surface area contributed by atoms with Gasteiger partial charge < -0.3 is 4.90 Å². The van der Waals surface area contributed by atoms with Crippen molar-refractivity contribution < 1.29 is 0 Å². The largest absolute Gasteiger partial charge is 0.352 e. The van der Waals surface area contributed by atoms with E-state index < -0.39 is 0 Å². The lowest BCUT2D eigenvalue weighted by atomic mass is 9.68. The molecule has 0 amide bonds. The minimum atomic E-state index is 0.750. The van der Waals surface area contributed by atoms with Gasteiger partial charge in [-0.2, -0.15) is 0 Å². The summed E-state index contributed by atoms with van der Waals surface area (Å²) in [5, 5.41) is 0. The first kappa shape index (κ1) is 11.4. The zero-order valence-corrected chi connectivity index (χ0v) is 12.2. The maximum Gasteiger partial charge on any atom is 0.108 e. The van der Waals surface area contributed by atoms with Gasteiger partial charge in [0.05, 0.1) is 5.69 Å². The Morgan fingerprint density at radius 3 is 2.65 bits per heavy atom. The van der Waals surface area contributed by atoms with Gasteiger partial charge in [-0.1, -0.05) is 12.1 Å². The summed E-state index contributed by atoms with van der Waals surface area (Å²) in [6, 6.07) is 7.58. The molecule has 0 radical (unpaired) electrons. The molecular formula is C18H22N2. The summed E-state index contributed by atoms with van der Waals surface area (Å²) >= 11 is 0. The van der Waals surface area contributed by atoms with Crippen LogP contribution in [0.2, 0.25) is 0 Å². The summed E-state index contributed by atoms with van der Waals surface area (Å²) in [7, 11) is 0. The van der Waals surface area contributed by atoms with Crippen LogP contribution in [0.3, 0.4) is 0 Å². The molecule has 0 spiro atoms. The number of hydrogen-bond donors (Lipinski definition) is 0. The van der Waals surface area contributed by atoms with Gasteiger partial charge in [-0.25, -0.2) is 4.99 Å². The number of fused-ring (bicyclic) bond motifs is 1. The third-order valence-corrected chi connectivity index (χ3v) is 6.03. The molecule has 3 aliphatic heterocycles. The minimum absolute atomic E-state index is 0.750. The van der Waals surface area contributed by atoms with E-state index in [9.17, 15) is 0 Å². The first-order chi connectivity index (χ1) is 9.76. The van der Waals surface area contributed by atoms with E-state index in [1.807, 2.05) is 0 Å². The van der Waals surface area contributed by atoms with E-state index in [2.05, 4.69) is 30.0 Å². The molecule has 4 bridgehead atoms. The maximum absolute atomic E-state index is 5.13. The van der Waals surface area contributed by atoms with Crippen LogP contribution in [0, 0.1) is 24.7 Å². The molecule has 104 valence electrons. The van der Waals surface area contributed by atoms with E-state index in [-0.39, 0.29) is 0 Å². The van der Waals surface area contributed by atoms with Crippen molar-refractivity contribution in [1.29, 1.82) is 0 Å². The maximum atomic E-state index is 5.13.